The molecular formula is C113H117N13O21. The summed E-state index contributed by atoms with van der Waals surface area (Å²) >= 11 is 0. The maximum atomic E-state index is 12.8. The molecule has 4 atom stereocenters. The van der Waals surface area contributed by atoms with Crippen LogP contribution in [0.4, 0.5) is 9.59 Å². The van der Waals surface area contributed by atoms with E-state index < -0.39 is 107 Å². The van der Waals surface area contributed by atoms with E-state index in [1.54, 1.807) is 139 Å². The predicted octanol–water partition coefficient (Wildman–Crippen LogP) is 7.46. The van der Waals surface area contributed by atoms with E-state index in [0.717, 1.165) is 79.2 Å². The topological polar surface area (TPSA) is 478 Å². The Morgan fingerprint density at radius 1 is 0.340 bits per heavy atom. The van der Waals surface area contributed by atoms with Crippen molar-refractivity contribution >= 4 is 83.3 Å². The molecule has 760 valence electrons. The highest BCUT2D eigenvalue weighted by molar-refractivity contribution is 6.00. The lowest BCUT2D eigenvalue weighted by atomic mass is 10.1. The van der Waals surface area contributed by atoms with Gasteiger partial charge in [-0.1, -0.05) is 120 Å². The molecule has 147 heavy (non-hydrogen) atoms. The number of carboxylic acid groups (broad SMARTS) is 1. The van der Waals surface area contributed by atoms with Gasteiger partial charge in [-0.3, -0.25) is 58.2 Å². The summed E-state index contributed by atoms with van der Waals surface area (Å²) in [5.74, 6) is 38.9. The SMILES string of the molecule is CC(C)(C)OC(=O)N(CC(=O)O)C1CC1.COC(=O)[C@H](CN)NC(=O)c1ccc(C#CC#Cc2ccccc2)cc1.COC(=O)[C@H](CNC(=O)CN(C(=O)OC(C)(C)C)C1CC1)NC(=O)c1ccc(C#CC#Cc2ccccc2)cc1.COC(=O)[C@H](CNC(=O)CNC1CC1)NC(=O)c1ccc(C#CC#Cc2ccccc2)cc1.O=C(CNC1CC1)NC[C@H](NC(=O)c1ccc(C#CC#Cc2ccccc2)cc1)C(=O)NO. The quantitative estimate of drug-likeness (QED) is 0.00659. The zero-order valence-corrected chi connectivity index (χ0v) is 82.8. The van der Waals surface area contributed by atoms with Crippen LogP contribution in [0.1, 0.15) is 179 Å². The number of rotatable bonds is 31. The number of amides is 10. The molecule has 8 aromatic carbocycles. The van der Waals surface area contributed by atoms with E-state index in [1.807, 2.05) is 121 Å². The molecular weight excluding hydrogens is 1880 g/mol. The summed E-state index contributed by atoms with van der Waals surface area (Å²) in [6, 6.07) is 60.9. The number of hydroxylamine groups is 1. The van der Waals surface area contributed by atoms with Gasteiger partial charge in [-0.25, -0.2) is 29.5 Å². The van der Waals surface area contributed by atoms with Crippen molar-refractivity contribution in [3.05, 3.63) is 285 Å². The Labute approximate surface area is 854 Å². The zero-order chi connectivity index (χ0) is 106. The third-order valence-electron chi connectivity index (χ3n) is 20.5. The molecule has 34 heteroatoms. The number of carbonyl (C=O) groups is 14. The number of ether oxygens (including phenoxy) is 5. The molecule has 0 bridgehead atoms. The van der Waals surface area contributed by atoms with Crippen LogP contribution in [0.25, 0.3) is 0 Å². The smallest absolute Gasteiger partial charge is 0.411 e. The van der Waals surface area contributed by atoms with Crippen LogP contribution in [-0.4, -0.2) is 237 Å². The summed E-state index contributed by atoms with van der Waals surface area (Å²) in [6.45, 7) is 9.86. The van der Waals surface area contributed by atoms with Gasteiger partial charge in [-0.2, -0.15) is 0 Å². The number of aliphatic carboxylic acids is 1. The minimum Gasteiger partial charge on any atom is -0.480 e. The third-order valence-corrected chi connectivity index (χ3v) is 20.5. The number of carboxylic acids is 1. The fourth-order valence-corrected chi connectivity index (χ4v) is 12.3. The number of methoxy groups -OCH3 is 3. The molecule has 4 aliphatic carbocycles. The Balaban J connectivity index is 0.000000230. The highest BCUT2D eigenvalue weighted by Gasteiger charge is 2.39. The number of nitrogens with one attached hydrogen (secondary N) is 10. The molecule has 34 nitrogen and oxygen atoms in total. The number of esters is 3. The summed E-state index contributed by atoms with van der Waals surface area (Å²) in [5.41, 5.74) is 13.3. The van der Waals surface area contributed by atoms with E-state index in [0.29, 0.717) is 51.0 Å². The number of nitrogens with zero attached hydrogens (tertiary/aromatic N) is 2. The molecule has 0 saturated heterocycles. The van der Waals surface area contributed by atoms with Gasteiger partial charge < -0.3 is 82.4 Å². The highest BCUT2D eigenvalue weighted by atomic mass is 16.6. The molecule has 4 saturated carbocycles. The summed E-state index contributed by atoms with van der Waals surface area (Å²) in [6.07, 6.45) is 6.44. The average molecular weight is 1990 g/mol. The van der Waals surface area contributed by atoms with Crippen LogP contribution in [0.3, 0.4) is 0 Å². The normalized spacial score (nSPS) is 12.7. The van der Waals surface area contributed by atoms with Gasteiger partial charge in [0.25, 0.3) is 29.5 Å². The van der Waals surface area contributed by atoms with E-state index in [4.69, 9.17) is 35.0 Å². The largest absolute Gasteiger partial charge is 0.480 e. The molecule has 4 fully saturated rings. The molecule has 0 heterocycles. The van der Waals surface area contributed by atoms with E-state index in [2.05, 4.69) is 147 Å². The van der Waals surface area contributed by atoms with Gasteiger partial charge in [0.15, 0.2) is 0 Å². The lowest BCUT2D eigenvalue weighted by Gasteiger charge is -2.27. The zero-order valence-electron chi connectivity index (χ0n) is 82.8. The minimum atomic E-state index is -1.14. The number of carbonyl (C=O) groups excluding carboxylic acids is 13. The lowest BCUT2D eigenvalue weighted by molar-refractivity contribution is -0.143. The van der Waals surface area contributed by atoms with Crippen molar-refractivity contribution in [1.82, 2.24) is 63.1 Å². The molecule has 0 aliphatic heterocycles. The summed E-state index contributed by atoms with van der Waals surface area (Å²) in [5, 5.41) is 41.8. The number of hydrogen-bond acceptors (Lipinski definition) is 23. The van der Waals surface area contributed by atoms with Crippen LogP contribution in [0.5, 0.6) is 0 Å². The van der Waals surface area contributed by atoms with Crippen molar-refractivity contribution in [2.75, 3.05) is 73.7 Å². The molecule has 8 aromatic rings. The Hall–Kier alpha value is -17.7. The van der Waals surface area contributed by atoms with E-state index in [1.165, 1.54) is 36.6 Å². The van der Waals surface area contributed by atoms with E-state index in [-0.39, 0.29) is 76.3 Å². The second-order valence-electron chi connectivity index (χ2n) is 35.0. The van der Waals surface area contributed by atoms with Gasteiger partial charge in [0.05, 0.1) is 34.4 Å². The summed E-state index contributed by atoms with van der Waals surface area (Å²) in [4.78, 5) is 171. The van der Waals surface area contributed by atoms with Crippen molar-refractivity contribution in [2.45, 2.75) is 152 Å². The first-order chi connectivity index (χ1) is 70.6. The third kappa shape index (κ3) is 45.8. The van der Waals surface area contributed by atoms with Gasteiger partial charge >= 0.3 is 36.1 Å². The van der Waals surface area contributed by atoms with Crippen LogP contribution >= 0.6 is 0 Å². The monoisotopic (exact) mass is 1990 g/mol. The first-order valence-corrected chi connectivity index (χ1v) is 46.9. The van der Waals surface area contributed by atoms with Crippen LogP contribution in [0.15, 0.2) is 218 Å². The maximum absolute atomic E-state index is 12.8. The van der Waals surface area contributed by atoms with Crippen LogP contribution in [0.2, 0.25) is 0 Å². The minimum absolute atomic E-state index is 0.0396. The molecule has 10 amide bonds. The maximum Gasteiger partial charge on any atom is 0.411 e. The van der Waals surface area contributed by atoms with Gasteiger partial charge in [0.2, 0.25) is 17.7 Å². The Kier molecular flexibility index (Phi) is 47.2. The standard InChI is InChI=1S/C31H33N3O6.C26H25N3O4.C25H24N4O4.C21H18N2O3.C10H17NO4/c1-31(2,3)40-30(38)34(25-18-19-25)21-27(35)32-20-26(29(37)39-4)33-28(36)24-16-14-23(15-17-24)13-9-8-12-22-10-6-5-7-11-22;1-33-26(32)23(17-28-24(30)18-27-22-15-16-22)29-25(31)21-13-11-20(12-14-21)10-6-5-9-19-7-3-2-4-8-19;30-23(17-26-21-14-15-21)27-16-22(25(32)29-33)28-24(31)20-12-10-19(11-13-20)9-5-4-8-18-6-2-1-3-7-18;1-26-21(25)19(15-22)23-20(24)18-13-11-17(12-14-18)10-6-5-9-16-7-3-2-4-8-16;1-10(2,3)15-9(14)11(6-8(12)13)7-4-5-7/h5-7,10-11,14-17,25-26H,18-21H2,1-4H3,(H,32,35)(H,33,36);2-4,7-8,11-14,22-23,27H,15-18H2,1H3,(H,28,30)(H,29,31);1-3,6-7,10-13,21-22,26,33H,14-17H2,(H,27,30)(H,28,31)(H,29,32);2-4,7-8,11-14,19H,15,22H2,1H3,(H,23,24);7H,4-6H2,1-3H3,(H,12,13)/t26-;23-;22-;19-;/m0000./s1. The van der Waals surface area contributed by atoms with Crippen molar-refractivity contribution in [3.63, 3.8) is 0 Å². The molecule has 4 aliphatic rings. The van der Waals surface area contributed by atoms with E-state index >= 15 is 0 Å². The number of benzene rings is 8. The van der Waals surface area contributed by atoms with E-state index in [9.17, 15) is 67.1 Å². The Bertz CT molecular complexity index is 6250. The molecule has 0 aromatic heterocycles. The van der Waals surface area contributed by atoms with Gasteiger partial charge in [-0.15, -0.1) is 0 Å². The molecule has 12 rings (SSSR count). The second-order valence-corrected chi connectivity index (χ2v) is 35.0. The first-order valence-electron chi connectivity index (χ1n) is 46.9. The Morgan fingerprint density at radius 2 is 0.585 bits per heavy atom. The lowest BCUT2D eigenvalue weighted by Crippen LogP contribution is -2.52. The Morgan fingerprint density at radius 3 is 0.830 bits per heavy atom. The number of hydrogen-bond donors (Lipinski definition) is 13. The predicted molar refractivity (Wildman–Crippen MR) is 547 cm³/mol. The van der Waals surface area contributed by atoms with Crippen LogP contribution in [0, 0.1) is 94.7 Å². The first kappa shape index (κ1) is 115. The van der Waals surface area contributed by atoms with Crippen molar-refractivity contribution < 1.29 is 101 Å². The fourth-order valence-electron chi connectivity index (χ4n) is 12.3. The van der Waals surface area contributed by atoms with Crippen molar-refractivity contribution in [2.24, 2.45) is 5.73 Å². The highest BCUT2D eigenvalue weighted by Crippen LogP contribution is 2.30. The van der Waals surface area contributed by atoms with Gasteiger partial charge in [-0.05, 0) is 286 Å². The summed E-state index contributed by atoms with van der Waals surface area (Å²) in [7, 11) is 3.66. The van der Waals surface area contributed by atoms with Crippen molar-refractivity contribution in [1.29, 1.82) is 0 Å². The molecule has 0 spiro atoms. The summed E-state index contributed by atoms with van der Waals surface area (Å²) < 4.78 is 24.6. The second kappa shape index (κ2) is 60.5. The van der Waals surface area contributed by atoms with Crippen molar-refractivity contribution in [3.8, 4) is 94.7 Å². The average Bonchev–Trinajstić information content (AvgIpc) is 1.69. The van der Waals surface area contributed by atoms with Crippen LogP contribution < -0.4 is 59.1 Å². The van der Waals surface area contributed by atoms with Gasteiger partial charge in [0.1, 0.15) is 48.5 Å². The van der Waals surface area contributed by atoms with Crippen LogP contribution in [-0.2, 0) is 62.0 Å². The molecule has 14 N–H and O–H groups in total. The molecule has 0 radical (unpaired) electrons. The number of nitrogens with two attached hydrogens (primary N) is 1. The van der Waals surface area contributed by atoms with Gasteiger partial charge in [0, 0.05) is 117 Å². The molecule has 0 unspecified atom stereocenters. The fraction of sp³-hybridized carbons (Fsp3) is 0.310.